The number of anilines is 1. The van der Waals surface area contributed by atoms with Crippen molar-refractivity contribution in [2.75, 3.05) is 12.4 Å². The molecule has 1 N–H and O–H groups in total. The number of nitrogens with one attached hydrogen (secondary N) is 1. The molecule has 0 unspecified atom stereocenters. The van der Waals surface area contributed by atoms with E-state index in [0.29, 0.717) is 0 Å². The predicted molar refractivity (Wildman–Crippen MR) is 72.2 cm³/mol. The molecular weight excluding hydrogens is 194 g/mol. The Labute approximate surface area is 97.5 Å². The van der Waals surface area contributed by atoms with Crippen LogP contribution in [0.25, 0.3) is 10.8 Å². The summed E-state index contributed by atoms with van der Waals surface area (Å²) in [4.78, 5) is 0. The summed E-state index contributed by atoms with van der Waals surface area (Å²) in [5, 5.41) is 5.89. The fourth-order valence-electron chi connectivity index (χ4n) is 2.08. The quantitative estimate of drug-likeness (QED) is 0.749. The van der Waals surface area contributed by atoms with Crippen LogP contribution in [0.3, 0.4) is 0 Å². The molecule has 0 fully saturated rings. The van der Waals surface area contributed by atoms with Crippen LogP contribution in [0.5, 0.6) is 0 Å². The van der Waals surface area contributed by atoms with Crippen molar-refractivity contribution in [3.63, 3.8) is 0 Å². The summed E-state index contributed by atoms with van der Waals surface area (Å²) in [5.74, 6) is 0. The first-order valence-electron chi connectivity index (χ1n) is 5.73. The van der Waals surface area contributed by atoms with Gasteiger partial charge in [0.05, 0.1) is 0 Å². The Morgan fingerprint density at radius 3 is 2.31 bits per heavy atom. The van der Waals surface area contributed by atoms with Gasteiger partial charge in [-0.3, -0.25) is 0 Å². The first kappa shape index (κ1) is 11.0. The maximum atomic E-state index is 3.23. The SMILES string of the molecule is CNc1cc(C(C)(C)C)c2ccccc2c1. The van der Waals surface area contributed by atoms with Crippen molar-refractivity contribution in [3.8, 4) is 0 Å². The highest BCUT2D eigenvalue weighted by Crippen LogP contribution is 2.32. The minimum atomic E-state index is 0.173. The van der Waals surface area contributed by atoms with Gasteiger partial charge in [0, 0.05) is 12.7 Å². The molecule has 0 aliphatic carbocycles. The van der Waals surface area contributed by atoms with E-state index in [4.69, 9.17) is 0 Å². The second kappa shape index (κ2) is 3.82. The van der Waals surface area contributed by atoms with Crippen molar-refractivity contribution in [1.82, 2.24) is 0 Å². The van der Waals surface area contributed by atoms with E-state index in [-0.39, 0.29) is 5.41 Å². The highest BCUT2D eigenvalue weighted by Gasteiger charge is 2.17. The van der Waals surface area contributed by atoms with Gasteiger partial charge in [0.2, 0.25) is 0 Å². The van der Waals surface area contributed by atoms with Crippen LogP contribution < -0.4 is 5.32 Å². The number of hydrogen-bond acceptors (Lipinski definition) is 1. The average molecular weight is 213 g/mol. The van der Waals surface area contributed by atoms with Crippen LogP contribution >= 0.6 is 0 Å². The Balaban J connectivity index is 2.79. The third-order valence-electron chi connectivity index (χ3n) is 2.96. The third-order valence-corrected chi connectivity index (χ3v) is 2.96. The molecule has 0 aliphatic rings. The standard InChI is InChI=1S/C15H19N/c1-15(2,3)14-10-12(16-4)9-11-7-5-6-8-13(11)14/h5-10,16H,1-4H3. The topological polar surface area (TPSA) is 12.0 Å². The van der Waals surface area contributed by atoms with Gasteiger partial charge in [0.1, 0.15) is 0 Å². The van der Waals surface area contributed by atoms with Crippen LogP contribution in [-0.4, -0.2) is 7.05 Å². The van der Waals surface area contributed by atoms with Crippen molar-refractivity contribution in [1.29, 1.82) is 0 Å². The molecule has 0 atom stereocenters. The first-order valence-corrected chi connectivity index (χ1v) is 5.73. The maximum Gasteiger partial charge on any atom is 0.0346 e. The third kappa shape index (κ3) is 1.90. The van der Waals surface area contributed by atoms with Crippen LogP contribution in [0.2, 0.25) is 0 Å². The summed E-state index contributed by atoms with van der Waals surface area (Å²) < 4.78 is 0. The number of hydrogen-bond donors (Lipinski definition) is 1. The molecule has 16 heavy (non-hydrogen) atoms. The second-order valence-corrected chi connectivity index (χ2v) is 5.24. The molecule has 0 aromatic heterocycles. The van der Waals surface area contributed by atoms with Crippen molar-refractivity contribution in [3.05, 3.63) is 42.0 Å². The molecule has 1 heteroatoms. The smallest absolute Gasteiger partial charge is 0.0346 e. The van der Waals surface area contributed by atoms with E-state index >= 15 is 0 Å². The van der Waals surface area contributed by atoms with E-state index in [1.807, 2.05) is 7.05 Å². The molecule has 2 aromatic rings. The highest BCUT2D eigenvalue weighted by atomic mass is 14.8. The molecule has 0 bridgehead atoms. The molecule has 0 spiro atoms. The Hall–Kier alpha value is -1.50. The minimum absolute atomic E-state index is 0.173. The number of fused-ring (bicyclic) bond motifs is 1. The fourth-order valence-corrected chi connectivity index (χ4v) is 2.08. The van der Waals surface area contributed by atoms with Gasteiger partial charge in [0.25, 0.3) is 0 Å². The van der Waals surface area contributed by atoms with Gasteiger partial charge >= 0.3 is 0 Å². The Kier molecular flexibility index (Phi) is 2.63. The Morgan fingerprint density at radius 1 is 1.00 bits per heavy atom. The molecule has 0 saturated carbocycles. The van der Waals surface area contributed by atoms with E-state index in [9.17, 15) is 0 Å². The first-order chi connectivity index (χ1) is 7.52. The monoisotopic (exact) mass is 213 g/mol. The molecule has 2 rings (SSSR count). The van der Waals surface area contributed by atoms with Crippen molar-refractivity contribution in [2.45, 2.75) is 26.2 Å². The minimum Gasteiger partial charge on any atom is -0.388 e. The highest BCUT2D eigenvalue weighted by molar-refractivity contribution is 5.89. The summed E-state index contributed by atoms with van der Waals surface area (Å²) >= 11 is 0. The predicted octanol–water partition coefficient (Wildman–Crippen LogP) is 4.18. The van der Waals surface area contributed by atoms with Crippen molar-refractivity contribution < 1.29 is 0 Å². The van der Waals surface area contributed by atoms with E-state index in [2.05, 4.69) is 62.5 Å². The van der Waals surface area contributed by atoms with Gasteiger partial charge in [-0.2, -0.15) is 0 Å². The van der Waals surface area contributed by atoms with Crippen LogP contribution in [0, 0.1) is 0 Å². The number of benzene rings is 2. The van der Waals surface area contributed by atoms with E-state index in [0.717, 1.165) is 0 Å². The summed E-state index contributed by atoms with van der Waals surface area (Å²) in [6.45, 7) is 6.77. The Bertz CT molecular complexity index is 506. The van der Waals surface area contributed by atoms with Crippen LogP contribution in [0.4, 0.5) is 5.69 Å². The van der Waals surface area contributed by atoms with Gasteiger partial charge in [-0.1, -0.05) is 45.0 Å². The van der Waals surface area contributed by atoms with E-state index < -0.39 is 0 Å². The lowest BCUT2D eigenvalue weighted by Gasteiger charge is -2.22. The van der Waals surface area contributed by atoms with Crippen molar-refractivity contribution >= 4 is 16.5 Å². The lowest BCUT2D eigenvalue weighted by atomic mass is 9.83. The molecule has 0 radical (unpaired) electrons. The van der Waals surface area contributed by atoms with Gasteiger partial charge in [0.15, 0.2) is 0 Å². The summed E-state index contributed by atoms with van der Waals surface area (Å²) in [6, 6.07) is 13.0. The van der Waals surface area contributed by atoms with Gasteiger partial charge in [-0.05, 0) is 33.9 Å². The second-order valence-electron chi connectivity index (χ2n) is 5.24. The summed E-state index contributed by atoms with van der Waals surface area (Å²) in [6.07, 6.45) is 0. The molecule has 0 aliphatic heterocycles. The van der Waals surface area contributed by atoms with Crippen molar-refractivity contribution in [2.24, 2.45) is 0 Å². The summed E-state index contributed by atoms with van der Waals surface area (Å²) in [5.41, 5.74) is 2.76. The average Bonchev–Trinajstić information content (AvgIpc) is 2.26. The van der Waals surface area contributed by atoms with Crippen LogP contribution in [0.1, 0.15) is 26.3 Å². The lowest BCUT2D eigenvalue weighted by Crippen LogP contribution is -2.12. The van der Waals surface area contributed by atoms with Crippen LogP contribution in [-0.2, 0) is 5.41 Å². The molecule has 2 aromatic carbocycles. The maximum absolute atomic E-state index is 3.23. The van der Waals surface area contributed by atoms with Crippen LogP contribution in [0.15, 0.2) is 36.4 Å². The zero-order chi connectivity index (χ0) is 11.8. The zero-order valence-corrected chi connectivity index (χ0v) is 10.5. The zero-order valence-electron chi connectivity index (χ0n) is 10.5. The molecular formula is C15H19N. The van der Waals surface area contributed by atoms with E-state index in [1.165, 1.54) is 22.0 Å². The molecule has 0 heterocycles. The Morgan fingerprint density at radius 2 is 1.69 bits per heavy atom. The fraction of sp³-hybridized carbons (Fsp3) is 0.333. The molecule has 0 saturated heterocycles. The largest absolute Gasteiger partial charge is 0.388 e. The summed E-state index contributed by atoms with van der Waals surface area (Å²) in [7, 11) is 1.97. The van der Waals surface area contributed by atoms with Gasteiger partial charge < -0.3 is 5.32 Å². The number of rotatable bonds is 1. The molecule has 84 valence electrons. The van der Waals surface area contributed by atoms with Gasteiger partial charge in [-0.25, -0.2) is 0 Å². The molecule has 1 nitrogen and oxygen atoms in total. The van der Waals surface area contributed by atoms with E-state index in [1.54, 1.807) is 0 Å². The normalized spacial score (nSPS) is 11.8. The molecule has 0 amide bonds. The lowest BCUT2D eigenvalue weighted by molar-refractivity contribution is 0.596. The van der Waals surface area contributed by atoms with Gasteiger partial charge in [-0.15, -0.1) is 0 Å².